The molecule has 0 bridgehead atoms. The van der Waals surface area contributed by atoms with E-state index >= 15 is 0 Å². The summed E-state index contributed by atoms with van der Waals surface area (Å²) in [7, 11) is 0. The first-order chi connectivity index (χ1) is 14.8. The number of rotatable bonds is 6. The van der Waals surface area contributed by atoms with Crippen molar-refractivity contribution >= 4 is 34.3 Å². The maximum Gasteiger partial charge on any atom is 0.271 e. The maximum atomic E-state index is 13.7. The van der Waals surface area contributed by atoms with Gasteiger partial charge in [0.1, 0.15) is 11.2 Å². The Morgan fingerprint density at radius 2 is 1.94 bits per heavy atom. The second-order valence-electron chi connectivity index (χ2n) is 8.91. The molecule has 1 aliphatic rings. The van der Waals surface area contributed by atoms with Crippen molar-refractivity contribution in [3.05, 3.63) is 70.9 Å². The zero-order valence-electron chi connectivity index (χ0n) is 18.2. The summed E-state index contributed by atoms with van der Waals surface area (Å²) < 4.78 is 1.98. The zero-order chi connectivity index (χ0) is 22.2. The Bertz CT molecular complexity index is 1140. The molecule has 1 aliphatic heterocycles. The molecular formula is C25H28ClN3O2. The van der Waals surface area contributed by atoms with Crippen LogP contribution in [-0.2, 0) is 17.9 Å². The molecule has 31 heavy (non-hydrogen) atoms. The Morgan fingerprint density at radius 1 is 1.16 bits per heavy atom. The zero-order valence-corrected chi connectivity index (χ0v) is 18.9. The van der Waals surface area contributed by atoms with Gasteiger partial charge in [-0.25, -0.2) is 0 Å². The van der Waals surface area contributed by atoms with Crippen molar-refractivity contribution in [1.29, 1.82) is 0 Å². The first-order valence-corrected chi connectivity index (χ1v) is 11.1. The van der Waals surface area contributed by atoms with Crippen LogP contribution in [-0.4, -0.2) is 33.4 Å². The van der Waals surface area contributed by atoms with Gasteiger partial charge in [-0.3, -0.25) is 9.59 Å². The fourth-order valence-electron chi connectivity index (χ4n) is 4.24. The van der Waals surface area contributed by atoms with Crippen LogP contribution in [0.25, 0.3) is 10.9 Å². The highest BCUT2D eigenvalue weighted by molar-refractivity contribution is 6.30. The molecule has 0 saturated carbocycles. The molecule has 5 nitrogen and oxygen atoms in total. The summed E-state index contributed by atoms with van der Waals surface area (Å²) in [5.74, 6) is 0.208. The third-order valence-electron chi connectivity index (χ3n) is 6.06. The summed E-state index contributed by atoms with van der Waals surface area (Å²) in [5.41, 5.74) is 1.45. The molecule has 1 atom stereocenters. The maximum absolute atomic E-state index is 13.7. The van der Waals surface area contributed by atoms with Crippen LogP contribution < -0.4 is 5.32 Å². The standard InChI is InChI=1S/C25H28ClN3O2/c1-17(2)11-12-27-24(31)25(3)16-28-21-10-5-4-8-19(21)14-22(28)23(30)29(25)15-18-7-6-9-20(26)13-18/h4-10,13-14,17H,11-12,15-16H2,1-3H3,(H,27,31)/t25-/m0/s1. The number of hydrogen-bond donors (Lipinski definition) is 1. The highest BCUT2D eigenvalue weighted by atomic mass is 35.5. The van der Waals surface area contributed by atoms with Crippen LogP contribution in [0.5, 0.6) is 0 Å². The molecule has 1 aromatic heterocycles. The van der Waals surface area contributed by atoms with Gasteiger partial charge >= 0.3 is 0 Å². The van der Waals surface area contributed by atoms with E-state index in [0.29, 0.717) is 36.3 Å². The Hall–Kier alpha value is -2.79. The van der Waals surface area contributed by atoms with Crippen LogP contribution in [0.3, 0.4) is 0 Å². The van der Waals surface area contributed by atoms with E-state index in [1.165, 1.54) is 0 Å². The average molecular weight is 438 g/mol. The van der Waals surface area contributed by atoms with Crippen LogP contribution >= 0.6 is 11.6 Å². The van der Waals surface area contributed by atoms with Crippen molar-refractivity contribution < 1.29 is 9.59 Å². The lowest BCUT2D eigenvalue weighted by molar-refractivity contribution is -0.133. The SMILES string of the molecule is CC(C)CCNC(=O)[C@]1(C)Cn2c(cc3ccccc32)C(=O)N1Cc1cccc(Cl)c1. The first kappa shape index (κ1) is 21.4. The van der Waals surface area contributed by atoms with Crippen LogP contribution in [0.1, 0.15) is 43.2 Å². The molecule has 0 unspecified atom stereocenters. The van der Waals surface area contributed by atoms with E-state index < -0.39 is 5.54 Å². The van der Waals surface area contributed by atoms with Crippen molar-refractivity contribution in [2.75, 3.05) is 6.54 Å². The number of carbonyl (C=O) groups is 2. The van der Waals surface area contributed by atoms with E-state index in [0.717, 1.165) is 22.9 Å². The Morgan fingerprint density at radius 3 is 2.68 bits per heavy atom. The van der Waals surface area contributed by atoms with E-state index in [-0.39, 0.29) is 11.8 Å². The summed E-state index contributed by atoms with van der Waals surface area (Å²) >= 11 is 6.18. The molecule has 0 aliphatic carbocycles. The summed E-state index contributed by atoms with van der Waals surface area (Å²) in [6, 6.07) is 17.3. The predicted molar refractivity (Wildman–Crippen MR) is 124 cm³/mol. The van der Waals surface area contributed by atoms with E-state index in [1.54, 1.807) is 11.0 Å². The van der Waals surface area contributed by atoms with Crippen molar-refractivity contribution in [2.24, 2.45) is 5.92 Å². The summed E-state index contributed by atoms with van der Waals surface area (Å²) in [4.78, 5) is 28.8. The van der Waals surface area contributed by atoms with Gasteiger partial charge in [-0.15, -0.1) is 0 Å². The minimum absolute atomic E-state index is 0.132. The molecule has 6 heteroatoms. The van der Waals surface area contributed by atoms with E-state index in [9.17, 15) is 9.59 Å². The number of benzene rings is 2. The van der Waals surface area contributed by atoms with Crippen molar-refractivity contribution in [1.82, 2.24) is 14.8 Å². The van der Waals surface area contributed by atoms with E-state index in [2.05, 4.69) is 19.2 Å². The minimum atomic E-state index is -1.02. The number of nitrogens with zero attached hydrogens (tertiary/aromatic N) is 2. The summed E-state index contributed by atoms with van der Waals surface area (Å²) in [6.07, 6.45) is 0.891. The van der Waals surface area contributed by atoms with Gasteiger partial charge in [-0.05, 0) is 49.1 Å². The van der Waals surface area contributed by atoms with E-state index in [1.807, 2.05) is 60.0 Å². The largest absolute Gasteiger partial charge is 0.354 e. The van der Waals surface area contributed by atoms with Crippen LogP contribution in [0.15, 0.2) is 54.6 Å². The normalized spacial score (nSPS) is 18.5. The van der Waals surface area contributed by atoms with Crippen molar-refractivity contribution in [3.8, 4) is 0 Å². The molecule has 4 rings (SSSR count). The summed E-state index contributed by atoms with van der Waals surface area (Å²) in [6.45, 7) is 7.41. The first-order valence-electron chi connectivity index (χ1n) is 10.7. The molecule has 0 saturated heterocycles. The van der Waals surface area contributed by atoms with Gasteiger partial charge in [-0.2, -0.15) is 0 Å². The number of hydrogen-bond acceptors (Lipinski definition) is 2. The van der Waals surface area contributed by atoms with Crippen LogP contribution in [0.2, 0.25) is 5.02 Å². The Kier molecular flexibility index (Phi) is 5.80. The second kappa shape index (κ2) is 8.39. The lowest BCUT2D eigenvalue weighted by Gasteiger charge is -2.44. The number of aromatic nitrogens is 1. The predicted octanol–water partition coefficient (Wildman–Crippen LogP) is 4.87. The molecule has 3 aromatic rings. The average Bonchev–Trinajstić information content (AvgIpc) is 3.09. The quantitative estimate of drug-likeness (QED) is 0.598. The number of fused-ring (bicyclic) bond motifs is 3. The van der Waals surface area contributed by atoms with Crippen LogP contribution in [0.4, 0.5) is 0 Å². The lowest BCUT2D eigenvalue weighted by atomic mass is 9.93. The fourth-order valence-corrected chi connectivity index (χ4v) is 4.45. The number of nitrogens with one attached hydrogen (secondary N) is 1. The highest BCUT2D eigenvalue weighted by Gasteiger charge is 2.47. The molecule has 162 valence electrons. The topological polar surface area (TPSA) is 54.3 Å². The molecular weight excluding hydrogens is 410 g/mol. The molecule has 2 heterocycles. The number of amides is 2. The molecule has 0 radical (unpaired) electrons. The molecule has 1 N–H and O–H groups in total. The molecule has 0 fully saturated rings. The fraction of sp³-hybridized carbons (Fsp3) is 0.360. The van der Waals surface area contributed by atoms with Gasteiger partial charge in [0.2, 0.25) is 5.91 Å². The third-order valence-corrected chi connectivity index (χ3v) is 6.30. The smallest absolute Gasteiger partial charge is 0.271 e. The van der Waals surface area contributed by atoms with Crippen molar-refractivity contribution in [3.63, 3.8) is 0 Å². The monoisotopic (exact) mass is 437 g/mol. The molecule has 2 amide bonds. The Labute approximate surface area is 188 Å². The van der Waals surface area contributed by atoms with Gasteiger partial charge in [0.15, 0.2) is 0 Å². The molecule has 2 aromatic carbocycles. The number of para-hydroxylation sites is 1. The minimum Gasteiger partial charge on any atom is -0.354 e. The number of carbonyl (C=O) groups excluding carboxylic acids is 2. The van der Waals surface area contributed by atoms with Gasteiger partial charge in [0.05, 0.1) is 6.54 Å². The van der Waals surface area contributed by atoms with Crippen molar-refractivity contribution in [2.45, 2.75) is 45.8 Å². The third kappa shape index (κ3) is 4.07. The second-order valence-corrected chi connectivity index (χ2v) is 9.34. The lowest BCUT2D eigenvalue weighted by Crippen LogP contribution is -2.63. The Balaban J connectivity index is 1.74. The highest BCUT2D eigenvalue weighted by Crippen LogP contribution is 2.33. The van der Waals surface area contributed by atoms with E-state index in [4.69, 9.17) is 11.6 Å². The van der Waals surface area contributed by atoms with Gasteiger partial charge in [0.25, 0.3) is 5.91 Å². The van der Waals surface area contributed by atoms with Crippen LogP contribution in [0, 0.1) is 5.92 Å². The molecule has 0 spiro atoms. The van der Waals surface area contributed by atoms with Gasteiger partial charge in [0, 0.05) is 29.0 Å². The number of halogens is 1. The van der Waals surface area contributed by atoms with Gasteiger partial charge < -0.3 is 14.8 Å². The summed E-state index contributed by atoms with van der Waals surface area (Å²) in [5, 5.41) is 4.68. The van der Waals surface area contributed by atoms with Gasteiger partial charge in [-0.1, -0.05) is 55.8 Å².